The van der Waals surface area contributed by atoms with Gasteiger partial charge in [0.05, 0.1) is 21.0 Å². The molecular weight excluding hydrogens is 418 g/mol. The molecule has 0 unspecified atom stereocenters. The zero-order valence-corrected chi connectivity index (χ0v) is 15.6. The monoisotopic (exact) mass is 432 g/mol. The third-order valence-corrected chi connectivity index (χ3v) is 6.79. The Morgan fingerprint density at radius 1 is 0.929 bits per heavy atom. The van der Waals surface area contributed by atoms with Crippen LogP contribution in [0.4, 0.5) is 14.5 Å². The van der Waals surface area contributed by atoms with Crippen LogP contribution in [0.1, 0.15) is 23.2 Å². The van der Waals surface area contributed by atoms with Crippen molar-refractivity contribution in [2.45, 2.75) is 28.7 Å². The second-order valence-corrected chi connectivity index (χ2v) is 9.49. The number of hydrogen-bond donors (Lipinski definition) is 3. The van der Waals surface area contributed by atoms with Crippen molar-refractivity contribution in [1.82, 2.24) is 4.72 Å². The van der Waals surface area contributed by atoms with Gasteiger partial charge in [0.2, 0.25) is 10.0 Å². The number of carbonyl (C=O) groups is 1. The number of carboxylic acid groups (broad SMARTS) is 1. The Morgan fingerprint density at radius 2 is 1.46 bits per heavy atom. The largest absolute Gasteiger partial charge is 0.478 e. The molecule has 150 valence electrons. The van der Waals surface area contributed by atoms with Gasteiger partial charge in [-0.2, -0.15) is 0 Å². The molecule has 8 nitrogen and oxygen atoms in total. The average Bonchev–Trinajstić information content (AvgIpc) is 3.40. The Morgan fingerprint density at radius 3 is 1.96 bits per heavy atom. The third-order valence-electron chi connectivity index (χ3n) is 3.87. The molecule has 0 radical (unpaired) electrons. The molecule has 0 heterocycles. The van der Waals surface area contributed by atoms with Gasteiger partial charge >= 0.3 is 5.97 Å². The van der Waals surface area contributed by atoms with Crippen LogP contribution in [0.15, 0.2) is 46.2 Å². The van der Waals surface area contributed by atoms with E-state index in [4.69, 9.17) is 5.11 Å². The summed E-state index contributed by atoms with van der Waals surface area (Å²) in [5.74, 6) is -4.36. The first-order valence-corrected chi connectivity index (χ1v) is 10.8. The average molecular weight is 432 g/mol. The molecule has 1 aliphatic rings. The van der Waals surface area contributed by atoms with Crippen molar-refractivity contribution in [2.75, 3.05) is 4.72 Å². The molecule has 1 fully saturated rings. The van der Waals surface area contributed by atoms with Crippen molar-refractivity contribution in [3.05, 3.63) is 53.6 Å². The molecule has 12 heteroatoms. The topological polar surface area (TPSA) is 130 Å². The van der Waals surface area contributed by atoms with Gasteiger partial charge in [0.25, 0.3) is 10.0 Å². The number of anilines is 1. The third kappa shape index (κ3) is 4.29. The number of carboxylic acids is 1. The highest BCUT2D eigenvalue weighted by molar-refractivity contribution is 7.92. The van der Waals surface area contributed by atoms with Gasteiger partial charge in [-0.05, 0) is 43.2 Å². The van der Waals surface area contributed by atoms with Crippen LogP contribution in [-0.4, -0.2) is 34.0 Å². The molecule has 1 aliphatic carbocycles. The molecular formula is C16H14F2N2O6S2. The minimum absolute atomic E-state index is 0.125. The summed E-state index contributed by atoms with van der Waals surface area (Å²) in [6, 6.07) is 4.79. The van der Waals surface area contributed by atoms with Crippen LogP contribution < -0.4 is 9.44 Å². The van der Waals surface area contributed by atoms with E-state index in [9.17, 15) is 30.4 Å². The van der Waals surface area contributed by atoms with Gasteiger partial charge in [0.1, 0.15) is 11.6 Å². The van der Waals surface area contributed by atoms with Crippen LogP contribution in [0.25, 0.3) is 0 Å². The van der Waals surface area contributed by atoms with Crippen LogP contribution in [0.3, 0.4) is 0 Å². The van der Waals surface area contributed by atoms with Gasteiger partial charge in [-0.25, -0.2) is 35.1 Å². The minimum atomic E-state index is -4.38. The van der Waals surface area contributed by atoms with Crippen molar-refractivity contribution in [1.29, 1.82) is 0 Å². The second-order valence-electron chi connectivity index (χ2n) is 6.09. The van der Waals surface area contributed by atoms with E-state index in [2.05, 4.69) is 4.72 Å². The lowest BCUT2D eigenvalue weighted by Gasteiger charge is -2.11. The highest BCUT2D eigenvalue weighted by atomic mass is 32.2. The Kier molecular flexibility index (Phi) is 5.12. The fourth-order valence-electron chi connectivity index (χ4n) is 2.28. The van der Waals surface area contributed by atoms with Crippen LogP contribution in [-0.2, 0) is 20.0 Å². The zero-order chi connectivity index (χ0) is 20.7. The van der Waals surface area contributed by atoms with Crippen molar-refractivity contribution >= 4 is 31.7 Å². The van der Waals surface area contributed by atoms with Gasteiger partial charge in [-0.1, -0.05) is 0 Å². The maximum absolute atomic E-state index is 13.8. The van der Waals surface area contributed by atoms with E-state index in [0.717, 1.165) is 37.1 Å². The molecule has 2 aromatic carbocycles. The summed E-state index contributed by atoms with van der Waals surface area (Å²) in [7, 11) is -8.16. The maximum Gasteiger partial charge on any atom is 0.338 e. The van der Waals surface area contributed by atoms with Crippen molar-refractivity contribution in [3.63, 3.8) is 0 Å². The molecule has 0 spiro atoms. The van der Waals surface area contributed by atoms with Crippen LogP contribution in [0.5, 0.6) is 0 Å². The molecule has 0 aromatic heterocycles. The van der Waals surface area contributed by atoms with E-state index in [1.54, 1.807) is 0 Å². The highest BCUT2D eigenvalue weighted by Gasteiger charge is 2.28. The second kappa shape index (κ2) is 7.11. The quantitative estimate of drug-likeness (QED) is 0.613. The van der Waals surface area contributed by atoms with Crippen molar-refractivity contribution < 1.29 is 35.5 Å². The highest BCUT2D eigenvalue weighted by Crippen LogP contribution is 2.25. The summed E-state index contributed by atoms with van der Waals surface area (Å²) in [5.41, 5.74) is -1.67. The molecule has 0 saturated heterocycles. The van der Waals surface area contributed by atoms with Crippen LogP contribution >= 0.6 is 0 Å². The number of aromatic carboxylic acids is 1. The van der Waals surface area contributed by atoms with E-state index >= 15 is 0 Å². The lowest BCUT2D eigenvalue weighted by Crippen LogP contribution is -2.25. The predicted molar refractivity (Wildman–Crippen MR) is 93.9 cm³/mol. The summed E-state index contributed by atoms with van der Waals surface area (Å²) in [6.45, 7) is 0. The van der Waals surface area contributed by atoms with E-state index < -0.39 is 53.8 Å². The standard InChI is InChI=1S/C16H14F2N2O6S2/c17-13-8-14(18)15(7-12(13)16(21)22)20-28(25,26)11-5-3-10(4-6-11)27(23,24)19-9-1-2-9/h3-9,19-20H,1-2H2,(H,21,22). The lowest BCUT2D eigenvalue weighted by molar-refractivity contribution is 0.0692. The molecule has 0 aliphatic heterocycles. The first-order chi connectivity index (χ1) is 13.0. The molecule has 28 heavy (non-hydrogen) atoms. The van der Waals surface area contributed by atoms with E-state index in [-0.39, 0.29) is 17.0 Å². The molecule has 0 atom stereocenters. The molecule has 0 bridgehead atoms. The van der Waals surface area contributed by atoms with Gasteiger partial charge < -0.3 is 5.11 Å². The number of nitrogens with one attached hydrogen (secondary N) is 2. The summed E-state index contributed by atoms with van der Waals surface area (Å²) >= 11 is 0. The van der Waals surface area contributed by atoms with E-state index in [1.165, 1.54) is 0 Å². The van der Waals surface area contributed by atoms with Gasteiger partial charge in [0.15, 0.2) is 0 Å². The molecule has 3 rings (SSSR count). The van der Waals surface area contributed by atoms with Crippen LogP contribution in [0.2, 0.25) is 0 Å². The first-order valence-electron chi connectivity index (χ1n) is 7.87. The smallest absolute Gasteiger partial charge is 0.338 e. The molecule has 1 saturated carbocycles. The van der Waals surface area contributed by atoms with Gasteiger partial charge in [-0.15, -0.1) is 0 Å². The molecule has 2 aromatic rings. The summed E-state index contributed by atoms with van der Waals surface area (Å²) in [6.07, 6.45) is 1.47. The van der Waals surface area contributed by atoms with E-state index in [0.29, 0.717) is 6.07 Å². The summed E-state index contributed by atoms with van der Waals surface area (Å²) < 4.78 is 80.5. The normalized spacial score (nSPS) is 14.6. The number of hydrogen-bond acceptors (Lipinski definition) is 5. The number of benzene rings is 2. The summed E-state index contributed by atoms with van der Waals surface area (Å²) in [4.78, 5) is 10.4. The fourth-order valence-corrected chi connectivity index (χ4v) is 4.64. The summed E-state index contributed by atoms with van der Waals surface area (Å²) in [5, 5.41) is 8.87. The van der Waals surface area contributed by atoms with Crippen molar-refractivity contribution in [2.24, 2.45) is 0 Å². The first kappa shape index (κ1) is 20.2. The van der Waals surface area contributed by atoms with Gasteiger partial charge in [0, 0.05) is 12.1 Å². The lowest BCUT2D eigenvalue weighted by atomic mass is 10.2. The Labute approximate surface area is 159 Å². The SMILES string of the molecule is O=C(O)c1cc(NS(=O)(=O)c2ccc(S(=O)(=O)NC3CC3)cc2)c(F)cc1F. The number of halogens is 2. The predicted octanol–water partition coefficient (Wildman–Crippen LogP) is 1.90. The van der Waals surface area contributed by atoms with E-state index in [1.807, 2.05) is 4.72 Å². The maximum atomic E-state index is 13.8. The Hall–Kier alpha value is -2.57. The fraction of sp³-hybridized carbons (Fsp3) is 0.188. The van der Waals surface area contributed by atoms with Gasteiger partial charge in [-0.3, -0.25) is 4.72 Å². The van der Waals surface area contributed by atoms with Crippen LogP contribution in [0, 0.1) is 11.6 Å². The molecule has 3 N–H and O–H groups in total. The zero-order valence-electron chi connectivity index (χ0n) is 14.0. The Balaban J connectivity index is 1.87. The minimum Gasteiger partial charge on any atom is -0.478 e. The number of rotatable bonds is 7. The Bertz CT molecular complexity index is 1140. The van der Waals surface area contributed by atoms with Crippen molar-refractivity contribution in [3.8, 4) is 0 Å². The number of sulfonamides is 2. The molecule has 0 amide bonds.